The number of ether oxygens (including phenoxy) is 1. The van der Waals surface area contributed by atoms with Crippen LogP contribution in [0.5, 0.6) is 0 Å². The quantitative estimate of drug-likeness (QED) is 0.523. The summed E-state index contributed by atoms with van der Waals surface area (Å²) < 4.78 is 6.13. The van der Waals surface area contributed by atoms with E-state index in [9.17, 15) is 4.79 Å². The molecule has 1 amide bonds. The predicted octanol–water partition coefficient (Wildman–Crippen LogP) is 0.255. The van der Waals surface area contributed by atoms with Gasteiger partial charge in [0.05, 0.1) is 17.7 Å². The van der Waals surface area contributed by atoms with E-state index in [-0.39, 0.29) is 11.9 Å². The van der Waals surface area contributed by atoms with E-state index in [4.69, 9.17) is 10.6 Å². The number of nitrogens with one attached hydrogen (secondary N) is 2. The molecule has 2 heterocycles. The topological polar surface area (TPSA) is 105 Å². The Morgan fingerprint density at radius 3 is 3.05 bits per heavy atom. The third-order valence-electron chi connectivity index (χ3n) is 2.99. The van der Waals surface area contributed by atoms with Gasteiger partial charge in [0.1, 0.15) is 11.9 Å². The van der Waals surface area contributed by atoms with E-state index in [1.807, 2.05) is 18.7 Å². The Balaban J connectivity index is 2.28. The minimum absolute atomic E-state index is 0.0661. The third-order valence-corrected chi connectivity index (χ3v) is 3.55. The van der Waals surface area contributed by atoms with Gasteiger partial charge in [0.15, 0.2) is 0 Å². The van der Waals surface area contributed by atoms with Gasteiger partial charge in [-0.2, -0.15) is 4.98 Å². The Labute approximate surface area is 131 Å². The number of anilines is 2. The molecule has 0 bridgehead atoms. The van der Waals surface area contributed by atoms with Crippen molar-refractivity contribution in [1.82, 2.24) is 15.3 Å². The Kier molecular flexibility index (Phi) is 5.32. The first-order chi connectivity index (χ1) is 10.0. The summed E-state index contributed by atoms with van der Waals surface area (Å²) in [7, 11) is 0. The molecule has 4 N–H and O–H groups in total. The van der Waals surface area contributed by atoms with E-state index in [2.05, 4.69) is 36.6 Å². The first-order valence-electron chi connectivity index (χ1n) is 6.67. The molecular weight excluding hydrogens is 340 g/mol. The van der Waals surface area contributed by atoms with Crippen LogP contribution in [0.25, 0.3) is 0 Å². The summed E-state index contributed by atoms with van der Waals surface area (Å²) in [6.07, 6.45) is 1.60. The molecule has 0 aliphatic carbocycles. The zero-order valence-corrected chi connectivity index (χ0v) is 13.6. The third kappa shape index (κ3) is 3.80. The number of hydrazine groups is 1. The van der Waals surface area contributed by atoms with E-state index >= 15 is 0 Å². The van der Waals surface area contributed by atoms with Gasteiger partial charge in [-0.1, -0.05) is 0 Å². The highest BCUT2D eigenvalue weighted by Crippen LogP contribution is 2.27. The van der Waals surface area contributed by atoms with Crippen molar-refractivity contribution in [1.29, 1.82) is 0 Å². The Hall–Kier alpha value is -1.45. The molecular formula is C12H19BrN6O2. The molecule has 1 saturated heterocycles. The molecule has 1 atom stereocenters. The van der Waals surface area contributed by atoms with Gasteiger partial charge in [-0.05, 0) is 29.8 Å². The molecule has 116 valence electrons. The Morgan fingerprint density at radius 2 is 2.38 bits per heavy atom. The Bertz CT molecular complexity index is 513. The van der Waals surface area contributed by atoms with Crippen LogP contribution in [0.2, 0.25) is 0 Å². The van der Waals surface area contributed by atoms with Crippen LogP contribution < -0.4 is 21.5 Å². The van der Waals surface area contributed by atoms with E-state index in [0.29, 0.717) is 36.0 Å². The standard InChI is InChI=1S/C12H19BrN6O2/c1-7(2)16-11(20)9-6-21-4-3-19(9)10-8(13)5-15-12(17-10)18-14/h5,7,9H,3-4,6,14H2,1-2H3,(H,16,20)(H,15,17,18). The number of hydrogen-bond acceptors (Lipinski definition) is 7. The number of rotatable bonds is 4. The number of halogens is 1. The maximum Gasteiger partial charge on any atom is 0.245 e. The van der Waals surface area contributed by atoms with Crippen molar-refractivity contribution in [2.24, 2.45) is 5.84 Å². The van der Waals surface area contributed by atoms with Crippen molar-refractivity contribution >= 4 is 33.6 Å². The average molecular weight is 359 g/mol. The number of hydrogen-bond donors (Lipinski definition) is 3. The first-order valence-corrected chi connectivity index (χ1v) is 7.46. The van der Waals surface area contributed by atoms with Crippen LogP contribution in [0.15, 0.2) is 10.7 Å². The van der Waals surface area contributed by atoms with Crippen LogP contribution in [0, 0.1) is 0 Å². The number of nitrogens with zero attached hydrogens (tertiary/aromatic N) is 3. The van der Waals surface area contributed by atoms with Crippen molar-refractivity contribution in [3.8, 4) is 0 Å². The lowest BCUT2D eigenvalue weighted by atomic mass is 10.2. The summed E-state index contributed by atoms with van der Waals surface area (Å²) >= 11 is 3.41. The molecule has 0 radical (unpaired) electrons. The molecule has 1 aliphatic heterocycles. The number of nitrogen functional groups attached to an aromatic ring is 1. The molecule has 2 rings (SSSR count). The monoisotopic (exact) mass is 358 g/mol. The second-order valence-corrected chi connectivity index (χ2v) is 5.81. The normalized spacial score (nSPS) is 18.7. The maximum atomic E-state index is 12.3. The van der Waals surface area contributed by atoms with Crippen molar-refractivity contribution in [2.45, 2.75) is 25.9 Å². The lowest BCUT2D eigenvalue weighted by Crippen LogP contribution is -2.55. The van der Waals surface area contributed by atoms with Gasteiger partial charge in [0.25, 0.3) is 0 Å². The number of carbonyl (C=O) groups is 1. The summed E-state index contributed by atoms with van der Waals surface area (Å²) in [5.41, 5.74) is 2.41. The Morgan fingerprint density at radius 1 is 1.62 bits per heavy atom. The van der Waals surface area contributed by atoms with E-state index in [0.717, 1.165) is 0 Å². The summed E-state index contributed by atoms with van der Waals surface area (Å²) in [4.78, 5) is 22.6. The minimum atomic E-state index is -0.432. The summed E-state index contributed by atoms with van der Waals surface area (Å²) in [5, 5.41) is 2.90. The van der Waals surface area contributed by atoms with Crippen LogP contribution in [-0.4, -0.2) is 47.7 Å². The van der Waals surface area contributed by atoms with Gasteiger partial charge in [0, 0.05) is 18.8 Å². The average Bonchev–Trinajstić information content (AvgIpc) is 2.47. The van der Waals surface area contributed by atoms with Crippen molar-refractivity contribution in [3.63, 3.8) is 0 Å². The van der Waals surface area contributed by atoms with Crippen molar-refractivity contribution in [2.75, 3.05) is 30.1 Å². The van der Waals surface area contributed by atoms with Gasteiger partial charge in [0.2, 0.25) is 11.9 Å². The molecule has 1 unspecified atom stereocenters. The van der Waals surface area contributed by atoms with Gasteiger partial charge in [-0.15, -0.1) is 0 Å². The molecule has 1 aliphatic rings. The van der Waals surface area contributed by atoms with E-state index in [1.54, 1.807) is 6.20 Å². The van der Waals surface area contributed by atoms with E-state index < -0.39 is 6.04 Å². The molecule has 1 aromatic heterocycles. The second kappa shape index (κ2) is 7.01. The number of amides is 1. The van der Waals surface area contributed by atoms with Crippen LogP contribution in [0.1, 0.15) is 13.8 Å². The SMILES string of the molecule is CC(C)NC(=O)C1COCCN1c1nc(NN)ncc1Br. The van der Waals surface area contributed by atoms with Crippen LogP contribution in [0.4, 0.5) is 11.8 Å². The van der Waals surface area contributed by atoms with Gasteiger partial charge >= 0.3 is 0 Å². The maximum absolute atomic E-state index is 12.3. The van der Waals surface area contributed by atoms with E-state index in [1.165, 1.54) is 0 Å². The molecule has 0 saturated carbocycles. The molecule has 21 heavy (non-hydrogen) atoms. The summed E-state index contributed by atoms with van der Waals surface area (Å²) in [6.45, 7) is 5.26. The van der Waals surface area contributed by atoms with Crippen molar-refractivity contribution < 1.29 is 9.53 Å². The largest absolute Gasteiger partial charge is 0.377 e. The van der Waals surface area contributed by atoms with Gasteiger partial charge < -0.3 is 15.0 Å². The highest BCUT2D eigenvalue weighted by atomic mass is 79.9. The van der Waals surface area contributed by atoms with Gasteiger partial charge in [-0.25, -0.2) is 10.8 Å². The molecule has 0 aromatic carbocycles. The predicted molar refractivity (Wildman–Crippen MR) is 82.8 cm³/mol. The minimum Gasteiger partial charge on any atom is -0.377 e. The molecule has 1 aromatic rings. The molecule has 9 heteroatoms. The van der Waals surface area contributed by atoms with Crippen LogP contribution in [0.3, 0.4) is 0 Å². The zero-order valence-electron chi connectivity index (χ0n) is 12.0. The summed E-state index contributed by atoms with van der Waals surface area (Å²) in [5.74, 6) is 6.17. The highest BCUT2D eigenvalue weighted by Gasteiger charge is 2.32. The molecule has 0 spiro atoms. The van der Waals surface area contributed by atoms with Gasteiger partial charge in [-0.3, -0.25) is 10.2 Å². The zero-order chi connectivity index (χ0) is 15.4. The fourth-order valence-electron chi connectivity index (χ4n) is 2.08. The summed E-state index contributed by atoms with van der Waals surface area (Å²) in [6, 6.07) is -0.366. The number of aromatic nitrogens is 2. The lowest BCUT2D eigenvalue weighted by Gasteiger charge is -2.36. The lowest BCUT2D eigenvalue weighted by molar-refractivity contribution is -0.125. The van der Waals surface area contributed by atoms with Crippen LogP contribution in [-0.2, 0) is 9.53 Å². The highest BCUT2D eigenvalue weighted by molar-refractivity contribution is 9.10. The van der Waals surface area contributed by atoms with Crippen molar-refractivity contribution in [3.05, 3.63) is 10.7 Å². The fraction of sp³-hybridized carbons (Fsp3) is 0.583. The number of morpholine rings is 1. The smallest absolute Gasteiger partial charge is 0.245 e. The first kappa shape index (κ1) is 15.9. The second-order valence-electron chi connectivity index (χ2n) is 4.96. The molecule has 1 fully saturated rings. The molecule has 8 nitrogen and oxygen atoms in total. The fourth-order valence-corrected chi connectivity index (χ4v) is 2.50. The number of carbonyl (C=O) groups excluding carboxylic acids is 1. The number of nitrogens with two attached hydrogens (primary N) is 1. The van der Waals surface area contributed by atoms with Crippen LogP contribution >= 0.6 is 15.9 Å².